The number of aryl methyl sites for hydroxylation is 1. The lowest BCUT2D eigenvalue weighted by molar-refractivity contribution is -0.140. The molecule has 0 spiro atoms. The highest BCUT2D eigenvalue weighted by molar-refractivity contribution is 5.07. The van der Waals surface area contributed by atoms with Crippen molar-refractivity contribution in [3.05, 3.63) is 18.0 Å². The van der Waals surface area contributed by atoms with Gasteiger partial charge in [-0.2, -0.15) is 18.3 Å². The van der Waals surface area contributed by atoms with E-state index >= 15 is 0 Å². The van der Waals surface area contributed by atoms with Crippen molar-refractivity contribution >= 4 is 0 Å². The molecule has 1 aromatic rings. The highest BCUT2D eigenvalue weighted by atomic mass is 19.4. The highest BCUT2D eigenvalue weighted by Gasteiger charge is 2.28. The van der Waals surface area contributed by atoms with Gasteiger partial charge in [-0.3, -0.25) is 4.68 Å². The summed E-state index contributed by atoms with van der Waals surface area (Å²) >= 11 is 0. The number of hydrogen-bond acceptors (Lipinski definition) is 2. The molecule has 0 saturated carbocycles. The summed E-state index contributed by atoms with van der Waals surface area (Å²) in [4.78, 5) is 0. The highest BCUT2D eigenvalue weighted by Crippen LogP contribution is 2.27. The Morgan fingerprint density at radius 2 is 2.19 bits per heavy atom. The smallest absolute Gasteiger partial charge is 0.388 e. The molecular formula is C10H15F3N2O. The van der Waals surface area contributed by atoms with Crippen molar-refractivity contribution in [2.75, 3.05) is 0 Å². The van der Waals surface area contributed by atoms with Crippen LogP contribution in [0.4, 0.5) is 13.2 Å². The molecule has 0 aliphatic carbocycles. The van der Waals surface area contributed by atoms with Crippen LogP contribution in [-0.2, 0) is 6.54 Å². The van der Waals surface area contributed by atoms with Crippen LogP contribution in [0, 0.1) is 0 Å². The van der Waals surface area contributed by atoms with Crippen LogP contribution in [0.3, 0.4) is 0 Å². The normalized spacial score (nSPS) is 14.1. The van der Waals surface area contributed by atoms with Crippen molar-refractivity contribution in [3.8, 4) is 0 Å². The van der Waals surface area contributed by atoms with Gasteiger partial charge >= 0.3 is 6.18 Å². The lowest BCUT2D eigenvalue weighted by Crippen LogP contribution is -2.09. The summed E-state index contributed by atoms with van der Waals surface area (Å²) in [7, 11) is 0. The quantitative estimate of drug-likeness (QED) is 0.853. The van der Waals surface area contributed by atoms with Gasteiger partial charge in [0, 0.05) is 24.7 Å². The zero-order chi connectivity index (χ0) is 12.2. The Morgan fingerprint density at radius 3 is 2.75 bits per heavy atom. The van der Waals surface area contributed by atoms with Gasteiger partial charge in [-0.25, -0.2) is 0 Å². The fourth-order valence-electron chi connectivity index (χ4n) is 1.37. The first-order valence-corrected chi connectivity index (χ1v) is 5.19. The fourth-order valence-corrected chi connectivity index (χ4v) is 1.37. The van der Waals surface area contributed by atoms with Crippen LogP contribution in [0.15, 0.2) is 12.4 Å². The molecule has 3 nitrogen and oxygen atoms in total. The molecular weight excluding hydrogens is 221 g/mol. The van der Waals surface area contributed by atoms with E-state index in [4.69, 9.17) is 0 Å². The number of rotatable bonds is 5. The first kappa shape index (κ1) is 13.0. The zero-order valence-corrected chi connectivity index (χ0v) is 9.04. The molecule has 0 aliphatic rings. The Hall–Kier alpha value is -1.04. The van der Waals surface area contributed by atoms with Crippen molar-refractivity contribution in [1.82, 2.24) is 9.78 Å². The third-order valence-corrected chi connectivity index (χ3v) is 2.19. The van der Waals surface area contributed by atoms with E-state index in [2.05, 4.69) is 5.10 Å². The third-order valence-electron chi connectivity index (χ3n) is 2.19. The van der Waals surface area contributed by atoms with E-state index in [1.54, 1.807) is 10.9 Å². The molecule has 1 N–H and O–H groups in total. The van der Waals surface area contributed by atoms with Gasteiger partial charge in [0.15, 0.2) is 0 Å². The van der Waals surface area contributed by atoms with Crippen molar-refractivity contribution in [2.24, 2.45) is 0 Å². The molecule has 1 rings (SSSR count). The van der Waals surface area contributed by atoms with Gasteiger partial charge in [-0.15, -0.1) is 0 Å². The third kappa shape index (κ3) is 4.22. The van der Waals surface area contributed by atoms with Crippen LogP contribution in [0.25, 0.3) is 0 Å². The second-order valence-electron chi connectivity index (χ2n) is 3.71. The largest absolute Gasteiger partial charge is 0.389 e. The number of alkyl halides is 3. The minimum atomic E-state index is -4.22. The maximum Gasteiger partial charge on any atom is 0.389 e. The van der Waals surface area contributed by atoms with Gasteiger partial charge in [0.2, 0.25) is 0 Å². The predicted octanol–water partition coefficient (Wildman–Crippen LogP) is 2.67. The van der Waals surface area contributed by atoms with Crippen molar-refractivity contribution in [1.29, 1.82) is 0 Å². The topological polar surface area (TPSA) is 38.0 Å². The van der Waals surface area contributed by atoms with Crippen molar-refractivity contribution < 1.29 is 18.3 Å². The molecule has 1 aromatic heterocycles. The summed E-state index contributed by atoms with van der Waals surface area (Å²) in [6.45, 7) is 2.67. The number of halogens is 3. The lowest BCUT2D eigenvalue weighted by Gasteiger charge is -2.10. The summed E-state index contributed by atoms with van der Waals surface area (Å²) in [6, 6.07) is 0. The fraction of sp³-hybridized carbons (Fsp3) is 0.700. The van der Waals surface area contributed by atoms with E-state index in [9.17, 15) is 18.3 Å². The summed E-state index contributed by atoms with van der Waals surface area (Å²) in [5, 5.41) is 13.5. The molecule has 0 aliphatic heterocycles. The van der Waals surface area contributed by atoms with Crippen LogP contribution in [0.5, 0.6) is 0 Å². The van der Waals surface area contributed by atoms with Crippen LogP contribution in [0.2, 0.25) is 0 Å². The van der Waals surface area contributed by atoms with Gasteiger partial charge in [0.1, 0.15) is 0 Å². The second-order valence-corrected chi connectivity index (χ2v) is 3.71. The van der Waals surface area contributed by atoms with E-state index in [0.717, 1.165) is 6.42 Å². The molecule has 16 heavy (non-hydrogen) atoms. The standard InChI is InChI=1S/C10H15F3N2O/c1-2-5-15-7-8(6-14-15)9(16)3-4-10(11,12)13/h6-7,9,16H,2-5H2,1H3. The molecule has 1 atom stereocenters. The predicted molar refractivity (Wildman–Crippen MR) is 52.8 cm³/mol. The first-order valence-electron chi connectivity index (χ1n) is 5.19. The Labute approximate surface area is 91.9 Å². The molecule has 0 aromatic carbocycles. The van der Waals surface area contributed by atoms with E-state index in [0.29, 0.717) is 12.1 Å². The Balaban J connectivity index is 2.49. The van der Waals surface area contributed by atoms with Gasteiger partial charge in [-0.1, -0.05) is 6.92 Å². The van der Waals surface area contributed by atoms with Gasteiger partial charge in [0.25, 0.3) is 0 Å². The molecule has 6 heteroatoms. The molecule has 0 amide bonds. The molecule has 0 radical (unpaired) electrons. The Morgan fingerprint density at radius 1 is 1.50 bits per heavy atom. The van der Waals surface area contributed by atoms with Gasteiger partial charge in [-0.05, 0) is 12.8 Å². The number of aromatic nitrogens is 2. The SMILES string of the molecule is CCCn1cc(C(O)CCC(F)(F)F)cn1. The van der Waals surface area contributed by atoms with Crippen LogP contribution >= 0.6 is 0 Å². The van der Waals surface area contributed by atoms with Gasteiger partial charge in [0.05, 0.1) is 12.3 Å². The maximum atomic E-state index is 11.9. The van der Waals surface area contributed by atoms with Crippen LogP contribution in [0.1, 0.15) is 37.9 Å². The average Bonchev–Trinajstić information content (AvgIpc) is 2.62. The van der Waals surface area contributed by atoms with Gasteiger partial charge < -0.3 is 5.11 Å². The Kier molecular flexibility index (Phi) is 4.35. The minimum absolute atomic E-state index is 0.318. The Bertz CT molecular complexity index is 322. The monoisotopic (exact) mass is 236 g/mol. The molecule has 0 saturated heterocycles. The number of aliphatic hydroxyl groups excluding tert-OH is 1. The van der Waals surface area contributed by atoms with Crippen LogP contribution in [-0.4, -0.2) is 21.1 Å². The first-order chi connectivity index (χ1) is 7.42. The zero-order valence-electron chi connectivity index (χ0n) is 9.04. The lowest BCUT2D eigenvalue weighted by atomic mass is 10.1. The van der Waals surface area contributed by atoms with E-state index < -0.39 is 18.7 Å². The number of hydrogen-bond donors (Lipinski definition) is 1. The summed E-state index contributed by atoms with van der Waals surface area (Å²) < 4.78 is 37.4. The molecule has 1 unspecified atom stereocenters. The number of nitrogens with zero attached hydrogens (tertiary/aromatic N) is 2. The average molecular weight is 236 g/mol. The summed E-state index contributed by atoms with van der Waals surface area (Å²) in [6.07, 6.45) is -2.72. The summed E-state index contributed by atoms with van der Waals surface area (Å²) in [5.74, 6) is 0. The van der Waals surface area contributed by atoms with Crippen molar-refractivity contribution in [2.45, 2.75) is 45.0 Å². The second kappa shape index (κ2) is 5.34. The molecule has 92 valence electrons. The van der Waals surface area contributed by atoms with Crippen molar-refractivity contribution in [3.63, 3.8) is 0 Å². The van der Waals surface area contributed by atoms with Crippen LogP contribution < -0.4 is 0 Å². The molecule has 1 heterocycles. The summed E-state index contributed by atoms with van der Waals surface area (Å²) in [5.41, 5.74) is 0.442. The van der Waals surface area contributed by atoms with E-state index in [1.165, 1.54) is 6.20 Å². The minimum Gasteiger partial charge on any atom is -0.388 e. The van der Waals surface area contributed by atoms with E-state index in [1.807, 2.05) is 6.92 Å². The number of aliphatic hydroxyl groups is 1. The molecule has 0 fully saturated rings. The maximum absolute atomic E-state index is 11.9. The molecule has 0 bridgehead atoms. The van der Waals surface area contributed by atoms with E-state index in [-0.39, 0.29) is 6.42 Å².